The van der Waals surface area contributed by atoms with Crippen molar-refractivity contribution >= 4 is 5.96 Å². The lowest BCUT2D eigenvalue weighted by molar-refractivity contribution is -0.145. The van der Waals surface area contributed by atoms with Gasteiger partial charge in [0.15, 0.2) is 11.7 Å². The minimum atomic E-state index is -0.443. The number of aliphatic imine (C=N–C) groups is 1. The van der Waals surface area contributed by atoms with Crippen LogP contribution in [0.4, 0.5) is 0 Å². The molecule has 0 atom stereocenters. The van der Waals surface area contributed by atoms with Gasteiger partial charge in [-0.2, -0.15) is 0 Å². The Bertz CT molecular complexity index is 271. The predicted octanol–water partition coefficient (Wildman–Crippen LogP) is 0.844. The molecule has 1 heterocycles. The highest BCUT2D eigenvalue weighted by Crippen LogP contribution is 2.26. The smallest absolute Gasteiger partial charge is 0.188 e. The second-order valence-electron chi connectivity index (χ2n) is 5.03. The molecule has 0 bridgehead atoms. The summed E-state index contributed by atoms with van der Waals surface area (Å²) in [6, 6.07) is 0. The van der Waals surface area contributed by atoms with E-state index in [0.717, 1.165) is 25.4 Å². The molecule has 2 fully saturated rings. The van der Waals surface area contributed by atoms with Gasteiger partial charge in [-0.1, -0.05) is 6.42 Å². The standard InChI is InChI=1S/C12H23N3O2/c1-12(16-7-8-17-12)5-6-14-11(13)15-9-10-3-2-4-10/h10H,2-9H2,1H3,(H3,13,14,15). The summed E-state index contributed by atoms with van der Waals surface area (Å²) in [6.45, 7) is 4.92. The van der Waals surface area contributed by atoms with Gasteiger partial charge in [0, 0.05) is 19.5 Å². The number of nitrogens with two attached hydrogens (primary N) is 1. The first-order valence-corrected chi connectivity index (χ1v) is 6.50. The van der Waals surface area contributed by atoms with Gasteiger partial charge in [0.25, 0.3) is 0 Å². The third-order valence-corrected chi connectivity index (χ3v) is 3.53. The number of rotatable bonds is 5. The molecular weight excluding hydrogens is 218 g/mol. The Morgan fingerprint density at radius 2 is 2.12 bits per heavy atom. The zero-order valence-corrected chi connectivity index (χ0v) is 10.6. The maximum absolute atomic E-state index is 5.79. The molecule has 5 heteroatoms. The second-order valence-corrected chi connectivity index (χ2v) is 5.03. The van der Waals surface area contributed by atoms with Gasteiger partial charge in [0.05, 0.1) is 13.2 Å². The molecule has 1 saturated carbocycles. The fraction of sp³-hybridized carbons (Fsp3) is 0.917. The zero-order valence-electron chi connectivity index (χ0n) is 10.6. The van der Waals surface area contributed by atoms with Gasteiger partial charge in [0.2, 0.25) is 0 Å². The first-order valence-electron chi connectivity index (χ1n) is 6.50. The molecule has 2 aliphatic rings. The van der Waals surface area contributed by atoms with Crippen molar-refractivity contribution in [2.24, 2.45) is 16.6 Å². The van der Waals surface area contributed by atoms with Crippen LogP contribution in [0.5, 0.6) is 0 Å². The SMILES string of the molecule is CC1(CCNC(N)=NCC2CCC2)OCCO1. The molecule has 17 heavy (non-hydrogen) atoms. The van der Waals surface area contributed by atoms with E-state index in [0.29, 0.717) is 19.2 Å². The fourth-order valence-electron chi connectivity index (χ4n) is 2.08. The van der Waals surface area contributed by atoms with Crippen molar-refractivity contribution in [3.8, 4) is 0 Å². The zero-order chi connectivity index (χ0) is 12.1. The molecule has 98 valence electrons. The maximum atomic E-state index is 5.79. The van der Waals surface area contributed by atoms with E-state index in [1.807, 2.05) is 6.92 Å². The molecule has 0 radical (unpaired) electrons. The normalized spacial score (nSPS) is 24.6. The molecule has 3 N–H and O–H groups in total. The Morgan fingerprint density at radius 1 is 1.41 bits per heavy atom. The number of hydrogen-bond donors (Lipinski definition) is 2. The van der Waals surface area contributed by atoms with Crippen molar-refractivity contribution in [1.82, 2.24) is 5.32 Å². The number of nitrogens with zero attached hydrogens (tertiary/aromatic N) is 1. The van der Waals surface area contributed by atoms with Crippen LogP contribution in [0.1, 0.15) is 32.6 Å². The average molecular weight is 241 g/mol. The van der Waals surface area contributed by atoms with E-state index in [1.54, 1.807) is 0 Å². The monoisotopic (exact) mass is 241 g/mol. The van der Waals surface area contributed by atoms with Crippen LogP contribution in [-0.2, 0) is 9.47 Å². The lowest BCUT2D eigenvalue weighted by Crippen LogP contribution is -2.37. The average Bonchev–Trinajstić information content (AvgIpc) is 2.63. The Labute approximate surface area is 103 Å². The fourth-order valence-corrected chi connectivity index (χ4v) is 2.08. The Balaban J connectivity index is 1.60. The van der Waals surface area contributed by atoms with E-state index in [1.165, 1.54) is 19.3 Å². The number of nitrogens with one attached hydrogen (secondary N) is 1. The van der Waals surface area contributed by atoms with Crippen LogP contribution in [0.2, 0.25) is 0 Å². The van der Waals surface area contributed by atoms with Crippen molar-refractivity contribution in [3.05, 3.63) is 0 Å². The predicted molar refractivity (Wildman–Crippen MR) is 66.8 cm³/mol. The van der Waals surface area contributed by atoms with Crippen LogP contribution in [-0.4, -0.2) is 38.0 Å². The van der Waals surface area contributed by atoms with Crippen molar-refractivity contribution in [3.63, 3.8) is 0 Å². The van der Waals surface area contributed by atoms with Crippen LogP contribution < -0.4 is 11.1 Å². The lowest BCUT2D eigenvalue weighted by Gasteiger charge is -2.24. The first kappa shape index (κ1) is 12.6. The van der Waals surface area contributed by atoms with Crippen molar-refractivity contribution in [1.29, 1.82) is 0 Å². The van der Waals surface area contributed by atoms with Crippen molar-refractivity contribution in [2.45, 2.75) is 38.4 Å². The van der Waals surface area contributed by atoms with Crippen molar-refractivity contribution in [2.75, 3.05) is 26.3 Å². The summed E-state index contributed by atoms with van der Waals surface area (Å²) in [5.41, 5.74) is 5.79. The highest BCUT2D eigenvalue weighted by atomic mass is 16.7. The molecule has 0 unspecified atom stereocenters. The summed E-state index contributed by atoms with van der Waals surface area (Å²) >= 11 is 0. The minimum absolute atomic E-state index is 0.443. The topological polar surface area (TPSA) is 68.9 Å². The molecule has 1 aliphatic heterocycles. The summed E-state index contributed by atoms with van der Waals surface area (Å²) in [7, 11) is 0. The van der Waals surface area contributed by atoms with E-state index < -0.39 is 5.79 Å². The van der Waals surface area contributed by atoms with Gasteiger partial charge >= 0.3 is 0 Å². The van der Waals surface area contributed by atoms with Crippen LogP contribution in [0, 0.1) is 5.92 Å². The molecule has 0 spiro atoms. The molecule has 0 aromatic carbocycles. The molecule has 1 saturated heterocycles. The van der Waals surface area contributed by atoms with Crippen molar-refractivity contribution < 1.29 is 9.47 Å². The first-order chi connectivity index (χ1) is 8.18. The molecule has 0 aromatic rings. The van der Waals surface area contributed by atoms with Gasteiger partial charge in [-0.05, 0) is 25.7 Å². The Kier molecular flexibility index (Phi) is 4.23. The van der Waals surface area contributed by atoms with Crippen LogP contribution >= 0.6 is 0 Å². The van der Waals surface area contributed by atoms with E-state index in [9.17, 15) is 0 Å². The summed E-state index contributed by atoms with van der Waals surface area (Å²) in [4.78, 5) is 4.33. The number of guanidine groups is 1. The van der Waals surface area contributed by atoms with Gasteiger partial charge in [-0.25, -0.2) is 0 Å². The largest absolute Gasteiger partial charge is 0.370 e. The Morgan fingerprint density at radius 3 is 2.71 bits per heavy atom. The van der Waals surface area contributed by atoms with Gasteiger partial charge in [-0.15, -0.1) is 0 Å². The molecular formula is C12H23N3O2. The summed E-state index contributed by atoms with van der Waals surface area (Å²) in [5.74, 6) is 0.856. The van der Waals surface area contributed by atoms with Gasteiger partial charge in [0.1, 0.15) is 0 Å². The molecule has 0 amide bonds. The highest BCUT2D eigenvalue weighted by Gasteiger charge is 2.30. The molecule has 5 nitrogen and oxygen atoms in total. The molecule has 0 aromatic heterocycles. The Hall–Kier alpha value is -0.810. The number of ether oxygens (including phenoxy) is 2. The summed E-state index contributed by atoms with van der Waals surface area (Å²) in [6.07, 6.45) is 4.74. The highest BCUT2D eigenvalue weighted by molar-refractivity contribution is 5.77. The summed E-state index contributed by atoms with van der Waals surface area (Å²) in [5, 5.41) is 3.11. The third-order valence-electron chi connectivity index (χ3n) is 3.53. The second kappa shape index (κ2) is 5.69. The molecule has 1 aliphatic carbocycles. The van der Waals surface area contributed by atoms with E-state index >= 15 is 0 Å². The van der Waals surface area contributed by atoms with E-state index in [2.05, 4.69) is 10.3 Å². The number of hydrogen-bond acceptors (Lipinski definition) is 3. The summed E-state index contributed by atoms with van der Waals surface area (Å²) < 4.78 is 11.0. The van der Waals surface area contributed by atoms with E-state index in [4.69, 9.17) is 15.2 Å². The third kappa shape index (κ3) is 3.85. The van der Waals surface area contributed by atoms with Gasteiger partial charge in [-0.3, -0.25) is 4.99 Å². The maximum Gasteiger partial charge on any atom is 0.188 e. The quantitative estimate of drug-likeness (QED) is 0.553. The van der Waals surface area contributed by atoms with Crippen LogP contribution in [0.3, 0.4) is 0 Å². The van der Waals surface area contributed by atoms with E-state index in [-0.39, 0.29) is 0 Å². The minimum Gasteiger partial charge on any atom is -0.370 e. The van der Waals surface area contributed by atoms with Crippen LogP contribution in [0.15, 0.2) is 4.99 Å². The van der Waals surface area contributed by atoms with Crippen LogP contribution in [0.25, 0.3) is 0 Å². The lowest BCUT2D eigenvalue weighted by atomic mass is 9.86. The molecule has 2 rings (SSSR count). The van der Waals surface area contributed by atoms with Gasteiger partial charge < -0.3 is 20.5 Å².